The fraction of sp³-hybridized carbons (Fsp3) is 0.267. The zero-order valence-electron chi connectivity index (χ0n) is 11.4. The van der Waals surface area contributed by atoms with Gasteiger partial charge in [0.1, 0.15) is 18.6 Å². The number of aromatic nitrogens is 4. The van der Waals surface area contributed by atoms with Crippen molar-refractivity contribution in [2.24, 2.45) is 0 Å². The highest BCUT2D eigenvalue weighted by Gasteiger charge is 2.23. The smallest absolute Gasteiger partial charge is 0.180 e. The Morgan fingerprint density at radius 3 is 3.00 bits per heavy atom. The third kappa shape index (κ3) is 2.40. The molecule has 0 unspecified atom stereocenters. The normalized spacial score (nSPS) is 14.5. The second kappa shape index (κ2) is 4.73. The lowest BCUT2D eigenvalue weighted by Crippen LogP contribution is -2.01. The van der Waals surface area contributed by atoms with Crippen LogP contribution in [-0.2, 0) is 6.61 Å². The van der Waals surface area contributed by atoms with E-state index in [9.17, 15) is 0 Å². The Hall–Kier alpha value is -2.63. The molecular weight excluding hydrogens is 266 g/mol. The molecule has 21 heavy (non-hydrogen) atoms. The highest BCUT2D eigenvalue weighted by Crippen LogP contribution is 2.39. The molecule has 2 N–H and O–H groups in total. The summed E-state index contributed by atoms with van der Waals surface area (Å²) in [7, 11) is 0. The topological polar surface area (TPSA) is 78.3 Å². The highest BCUT2D eigenvalue weighted by molar-refractivity contribution is 5.44. The van der Waals surface area contributed by atoms with E-state index in [0.717, 1.165) is 17.3 Å². The second-order valence-electron chi connectivity index (χ2n) is 5.30. The number of nitrogens with zero attached hydrogens (tertiary/aromatic N) is 4. The Morgan fingerprint density at radius 2 is 2.19 bits per heavy atom. The minimum Gasteiger partial charge on any atom is -0.482 e. The van der Waals surface area contributed by atoms with Crippen LogP contribution in [0.1, 0.15) is 30.0 Å². The summed E-state index contributed by atoms with van der Waals surface area (Å²) in [6, 6.07) is 4.21. The van der Waals surface area contributed by atoms with Gasteiger partial charge in [0.2, 0.25) is 0 Å². The minimum absolute atomic E-state index is 0.338. The Labute approximate surface area is 121 Å². The van der Waals surface area contributed by atoms with Gasteiger partial charge in [-0.15, -0.1) is 0 Å². The predicted molar refractivity (Wildman–Crippen MR) is 77.9 cm³/mol. The first-order valence-corrected chi connectivity index (χ1v) is 6.95. The zero-order valence-corrected chi connectivity index (χ0v) is 11.4. The Bertz CT molecular complexity index is 794. The summed E-state index contributed by atoms with van der Waals surface area (Å²) in [6.07, 6.45) is 9.69. The summed E-state index contributed by atoms with van der Waals surface area (Å²) >= 11 is 0. The number of ether oxygens (including phenoxy) is 1. The van der Waals surface area contributed by atoms with Gasteiger partial charge in [0, 0.05) is 12.4 Å². The van der Waals surface area contributed by atoms with Crippen molar-refractivity contribution in [3.63, 3.8) is 0 Å². The van der Waals surface area contributed by atoms with Gasteiger partial charge >= 0.3 is 0 Å². The molecule has 4 rings (SSSR count). The molecule has 0 spiro atoms. The Kier molecular flexibility index (Phi) is 2.73. The van der Waals surface area contributed by atoms with E-state index in [0.29, 0.717) is 18.2 Å². The first-order valence-electron chi connectivity index (χ1n) is 6.95. The van der Waals surface area contributed by atoms with E-state index in [2.05, 4.69) is 37.7 Å². The van der Waals surface area contributed by atoms with Crippen LogP contribution in [0, 0.1) is 0 Å². The summed E-state index contributed by atoms with van der Waals surface area (Å²) < 4.78 is 7.67. The molecule has 0 saturated heterocycles. The zero-order chi connectivity index (χ0) is 14.2. The van der Waals surface area contributed by atoms with Gasteiger partial charge in [-0.1, -0.05) is 6.07 Å². The maximum Gasteiger partial charge on any atom is 0.180 e. The third-order valence-electron chi connectivity index (χ3n) is 3.66. The number of nitrogen functional groups attached to an aromatic ring is 1. The molecule has 1 aliphatic rings. The molecule has 3 aromatic heterocycles. The van der Waals surface area contributed by atoms with Crippen molar-refractivity contribution in [2.45, 2.75) is 25.4 Å². The van der Waals surface area contributed by atoms with Crippen LogP contribution >= 0.6 is 0 Å². The molecule has 1 aliphatic carbocycles. The van der Waals surface area contributed by atoms with Crippen LogP contribution in [0.15, 0.2) is 37.1 Å². The number of hydrogen-bond donors (Lipinski definition) is 1. The summed E-state index contributed by atoms with van der Waals surface area (Å²) in [5.41, 5.74) is 8.88. The molecule has 1 fully saturated rings. The van der Waals surface area contributed by atoms with Crippen molar-refractivity contribution in [1.29, 1.82) is 0 Å². The van der Waals surface area contributed by atoms with Gasteiger partial charge in [0.25, 0.3) is 0 Å². The molecular formula is C15H15N5O. The number of pyridine rings is 1. The van der Waals surface area contributed by atoms with E-state index in [1.807, 2.05) is 6.20 Å². The van der Waals surface area contributed by atoms with Crippen LogP contribution in [0.2, 0.25) is 0 Å². The summed E-state index contributed by atoms with van der Waals surface area (Å²) in [6.45, 7) is 0.345. The first-order chi connectivity index (χ1) is 10.3. The van der Waals surface area contributed by atoms with Crippen molar-refractivity contribution in [3.05, 3.63) is 48.3 Å². The van der Waals surface area contributed by atoms with Crippen molar-refractivity contribution in [3.8, 4) is 5.75 Å². The maximum absolute atomic E-state index is 5.72. The number of imidazole rings is 1. The van der Waals surface area contributed by atoms with Crippen LogP contribution in [0.25, 0.3) is 5.65 Å². The molecule has 0 radical (unpaired) electrons. The molecule has 6 nitrogen and oxygen atoms in total. The van der Waals surface area contributed by atoms with Gasteiger partial charge in [0.15, 0.2) is 11.6 Å². The highest BCUT2D eigenvalue weighted by atomic mass is 16.5. The van der Waals surface area contributed by atoms with Gasteiger partial charge in [-0.25, -0.2) is 15.0 Å². The molecule has 106 valence electrons. The lowest BCUT2D eigenvalue weighted by molar-refractivity contribution is 0.301. The lowest BCUT2D eigenvalue weighted by atomic mass is 10.2. The predicted octanol–water partition coefficient (Wildman–Crippen LogP) is 2.16. The van der Waals surface area contributed by atoms with Crippen LogP contribution in [0.5, 0.6) is 5.75 Å². The van der Waals surface area contributed by atoms with Gasteiger partial charge < -0.3 is 14.9 Å². The monoisotopic (exact) mass is 281 g/mol. The molecule has 0 amide bonds. The average Bonchev–Trinajstić information content (AvgIpc) is 3.26. The molecule has 0 bridgehead atoms. The molecule has 6 heteroatoms. The second-order valence-corrected chi connectivity index (χ2v) is 5.30. The lowest BCUT2D eigenvalue weighted by Gasteiger charge is -2.04. The van der Waals surface area contributed by atoms with Gasteiger partial charge in [-0.3, -0.25) is 0 Å². The van der Waals surface area contributed by atoms with Crippen molar-refractivity contribution in [2.75, 3.05) is 5.73 Å². The molecule has 1 saturated carbocycles. The summed E-state index contributed by atoms with van der Waals surface area (Å²) in [5, 5.41) is 0. The third-order valence-corrected chi connectivity index (χ3v) is 3.66. The van der Waals surface area contributed by atoms with E-state index in [4.69, 9.17) is 10.5 Å². The molecule has 0 aromatic carbocycles. The van der Waals surface area contributed by atoms with E-state index >= 15 is 0 Å². The number of hydrogen-bond acceptors (Lipinski definition) is 5. The standard InChI is InChI=1S/C15H15N5O/c16-15-13(5-17-9-18-15)21-8-12-7-20-6-11(10-1-2-10)3-4-14(20)19-12/h3-7,9-10H,1-2,8H2,(H2,16,17,18). The van der Waals surface area contributed by atoms with Gasteiger partial charge in [0.05, 0.1) is 11.9 Å². The number of nitrogens with two attached hydrogens (primary N) is 1. The Morgan fingerprint density at radius 1 is 1.29 bits per heavy atom. The summed E-state index contributed by atoms with van der Waals surface area (Å²) in [5.74, 6) is 1.55. The number of fused-ring (bicyclic) bond motifs is 1. The number of anilines is 1. The molecule has 0 aliphatic heterocycles. The quantitative estimate of drug-likeness (QED) is 0.793. The minimum atomic E-state index is 0.338. The fourth-order valence-electron chi connectivity index (χ4n) is 2.38. The molecule has 0 atom stereocenters. The number of rotatable bonds is 4. The van der Waals surface area contributed by atoms with Crippen LogP contribution in [0.3, 0.4) is 0 Å². The van der Waals surface area contributed by atoms with E-state index < -0.39 is 0 Å². The van der Waals surface area contributed by atoms with Crippen LogP contribution < -0.4 is 10.5 Å². The van der Waals surface area contributed by atoms with Crippen molar-refractivity contribution >= 4 is 11.5 Å². The van der Waals surface area contributed by atoms with E-state index in [1.165, 1.54) is 24.7 Å². The molecule has 3 heterocycles. The van der Waals surface area contributed by atoms with Crippen LogP contribution in [0.4, 0.5) is 5.82 Å². The average molecular weight is 281 g/mol. The maximum atomic E-state index is 5.72. The molecule has 3 aromatic rings. The van der Waals surface area contributed by atoms with Crippen molar-refractivity contribution in [1.82, 2.24) is 19.4 Å². The van der Waals surface area contributed by atoms with Crippen molar-refractivity contribution < 1.29 is 4.74 Å². The fourth-order valence-corrected chi connectivity index (χ4v) is 2.38. The van der Waals surface area contributed by atoms with Gasteiger partial charge in [-0.05, 0) is 30.4 Å². The van der Waals surface area contributed by atoms with E-state index in [1.54, 1.807) is 6.20 Å². The van der Waals surface area contributed by atoms with Gasteiger partial charge in [-0.2, -0.15) is 0 Å². The Balaban J connectivity index is 1.55. The first kappa shape index (κ1) is 12.1. The van der Waals surface area contributed by atoms with Crippen LogP contribution in [-0.4, -0.2) is 19.4 Å². The summed E-state index contributed by atoms with van der Waals surface area (Å²) in [4.78, 5) is 12.3. The van der Waals surface area contributed by atoms with E-state index in [-0.39, 0.29) is 0 Å². The SMILES string of the molecule is Nc1ncncc1OCc1cn2cc(C3CC3)ccc2n1. The largest absolute Gasteiger partial charge is 0.482 e.